The first kappa shape index (κ1) is 11.7. The lowest BCUT2D eigenvalue weighted by Gasteiger charge is -2.18. The second kappa shape index (κ2) is 4.68. The summed E-state index contributed by atoms with van der Waals surface area (Å²) in [5.74, 6) is -0.0327. The van der Waals surface area contributed by atoms with Gasteiger partial charge >= 0.3 is 0 Å². The maximum absolute atomic E-state index is 11.2. The van der Waals surface area contributed by atoms with Gasteiger partial charge in [0.1, 0.15) is 5.12 Å². The largest absolute Gasteiger partial charge is 0.332 e. The smallest absolute Gasteiger partial charge is 0.286 e. The van der Waals surface area contributed by atoms with Gasteiger partial charge in [-0.25, -0.2) is 5.09 Å². The summed E-state index contributed by atoms with van der Waals surface area (Å²) in [6.45, 7) is 3.53. The molecule has 2 atom stereocenters. The Kier molecular flexibility index (Phi) is 4.99. The van der Waals surface area contributed by atoms with Gasteiger partial charge in [0.25, 0.3) is 7.52 Å². The van der Waals surface area contributed by atoms with Crippen molar-refractivity contribution in [3.05, 3.63) is 0 Å². The van der Waals surface area contributed by atoms with Gasteiger partial charge in [0.15, 0.2) is 0 Å². The van der Waals surface area contributed by atoms with E-state index in [0.717, 1.165) is 0 Å². The molecule has 0 fully saturated rings. The van der Waals surface area contributed by atoms with Crippen LogP contribution >= 0.6 is 30.7 Å². The van der Waals surface area contributed by atoms with Crippen molar-refractivity contribution >= 4 is 30.7 Å². The van der Waals surface area contributed by atoms with Crippen LogP contribution in [0.4, 0.5) is 0 Å². The van der Waals surface area contributed by atoms with Crippen molar-refractivity contribution in [3.63, 3.8) is 0 Å². The van der Waals surface area contributed by atoms with E-state index in [2.05, 4.69) is 5.09 Å². The predicted molar refractivity (Wildman–Crippen MR) is 48.5 cm³/mol. The first-order valence-electron chi connectivity index (χ1n) is 3.20. The SMILES string of the molecule is CC(C)NP(=O)(O)C(Cl)CCl. The van der Waals surface area contributed by atoms with Gasteiger partial charge in [0, 0.05) is 11.9 Å². The molecule has 0 radical (unpaired) electrons. The van der Waals surface area contributed by atoms with Gasteiger partial charge in [-0.2, -0.15) is 0 Å². The summed E-state index contributed by atoms with van der Waals surface area (Å²) in [6, 6.07) is -0.0738. The second-order valence-electron chi connectivity index (χ2n) is 2.50. The Morgan fingerprint density at radius 3 is 2.36 bits per heavy atom. The van der Waals surface area contributed by atoms with Crippen LogP contribution in [0.25, 0.3) is 0 Å². The Morgan fingerprint density at radius 1 is 1.64 bits per heavy atom. The zero-order chi connectivity index (χ0) is 9.07. The molecule has 0 saturated carbocycles. The lowest BCUT2D eigenvalue weighted by atomic mass is 10.4. The second-order valence-corrected chi connectivity index (χ2v) is 5.76. The van der Waals surface area contributed by atoms with E-state index in [4.69, 9.17) is 23.2 Å². The highest BCUT2D eigenvalue weighted by atomic mass is 35.5. The van der Waals surface area contributed by atoms with Crippen molar-refractivity contribution in [1.82, 2.24) is 5.09 Å². The first-order valence-corrected chi connectivity index (χ1v) is 5.90. The monoisotopic (exact) mass is 219 g/mol. The topological polar surface area (TPSA) is 49.3 Å². The number of hydrogen-bond donors (Lipinski definition) is 2. The molecular formula is C5H12Cl2NO2P. The average molecular weight is 220 g/mol. The van der Waals surface area contributed by atoms with E-state index < -0.39 is 12.6 Å². The van der Waals surface area contributed by atoms with Crippen LogP contribution in [-0.4, -0.2) is 21.9 Å². The molecule has 2 N–H and O–H groups in total. The van der Waals surface area contributed by atoms with Gasteiger partial charge in [-0.3, -0.25) is 4.57 Å². The predicted octanol–water partition coefficient (Wildman–Crippen LogP) is 1.97. The summed E-state index contributed by atoms with van der Waals surface area (Å²) in [4.78, 5) is 9.18. The van der Waals surface area contributed by atoms with E-state index in [1.165, 1.54) is 0 Å². The molecule has 3 nitrogen and oxygen atoms in total. The Hall–Kier alpha value is 0.730. The van der Waals surface area contributed by atoms with Crippen molar-refractivity contribution in [2.24, 2.45) is 0 Å². The van der Waals surface area contributed by atoms with Gasteiger partial charge in [-0.05, 0) is 13.8 Å². The number of hydrogen-bond acceptors (Lipinski definition) is 1. The molecule has 0 heterocycles. The van der Waals surface area contributed by atoms with E-state index in [-0.39, 0.29) is 11.9 Å². The standard InChI is InChI=1S/C5H12Cl2NO2P/c1-4(2)8-11(9,10)5(7)3-6/h4-5H,3H2,1-2H3,(H2,8,9,10). The normalized spacial score (nSPS) is 19.8. The highest BCUT2D eigenvalue weighted by molar-refractivity contribution is 7.58. The Morgan fingerprint density at radius 2 is 2.09 bits per heavy atom. The molecule has 0 aliphatic carbocycles. The fourth-order valence-electron chi connectivity index (χ4n) is 0.544. The molecule has 0 aromatic carbocycles. The van der Waals surface area contributed by atoms with Crippen LogP contribution in [0.2, 0.25) is 0 Å². The fourth-order valence-corrected chi connectivity index (χ4v) is 2.36. The molecule has 0 aliphatic heterocycles. The van der Waals surface area contributed by atoms with E-state index in [0.29, 0.717) is 0 Å². The van der Waals surface area contributed by atoms with Crippen molar-refractivity contribution in [1.29, 1.82) is 0 Å². The van der Waals surface area contributed by atoms with Gasteiger partial charge in [-0.1, -0.05) is 0 Å². The first-order chi connectivity index (χ1) is 4.90. The molecule has 0 aliphatic rings. The number of rotatable bonds is 4. The van der Waals surface area contributed by atoms with Crippen LogP contribution in [0.3, 0.4) is 0 Å². The van der Waals surface area contributed by atoms with Crippen LogP contribution in [0.1, 0.15) is 13.8 Å². The molecule has 0 amide bonds. The third kappa shape index (κ3) is 4.34. The third-order valence-corrected chi connectivity index (χ3v) is 4.41. The van der Waals surface area contributed by atoms with E-state index in [1.807, 2.05) is 0 Å². The van der Waals surface area contributed by atoms with Crippen LogP contribution in [0, 0.1) is 0 Å². The number of alkyl halides is 2. The summed E-state index contributed by atoms with van der Waals surface area (Å²) < 4.78 is 11.2. The van der Waals surface area contributed by atoms with Crippen LogP contribution in [0.5, 0.6) is 0 Å². The average Bonchev–Trinajstić information content (AvgIpc) is 1.83. The van der Waals surface area contributed by atoms with Crippen molar-refractivity contribution in [2.75, 3.05) is 5.88 Å². The van der Waals surface area contributed by atoms with Crippen molar-refractivity contribution in [2.45, 2.75) is 25.0 Å². The molecular weight excluding hydrogens is 208 g/mol. The van der Waals surface area contributed by atoms with Gasteiger partial charge < -0.3 is 4.89 Å². The number of halogens is 2. The quantitative estimate of drug-likeness (QED) is 0.562. The molecule has 2 unspecified atom stereocenters. The number of nitrogens with one attached hydrogen (secondary N) is 1. The summed E-state index contributed by atoms with van der Waals surface area (Å²) in [5, 5.41) is 1.55. The molecule has 0 aromatic rings. The third-order valence-electron chi connectivity index (χ3n) is 0.950. The van der Waals surface area contributed by atoms with Crippen molar-refractivity contribution in [3.8, 4) is 0 Å². The highest BCUT2D eigenvalue weighted by Gasteiger charge is 2.28. The highest BCUT2D eigenvalue weighted by Crippen LogP contribution is 2.44. The van der Waals surface area contributed by atoms with Gasteiger partial charge in [0.05, 0.1) is 0 Å². The Bertz CT molecular complexity index is 165. The van der Waals surface area contributed by atoms with Crippen LogP contribution < -0.4 is 5.09 Å². The molecule has 6 heteroatoms. The van der Waals surface area contributed by atoms with Crippen LogP contribution in [-0.2, 0) is 4.57 Å². The Labute approximate surface area is 76.6 Å². The minimum Gasteiger partial charge on any atom is -0.332 e. The summed E-state index contributed by atoms with van der Waals surface area (Å²) in [5.41, 5.74) is 0. The lowest BCUT2D eigenvalue weighted by Crippen LogP contribution is -2.24. The molecule has 0 aromatic heterocycles. The fraction of sp³-hybridized carbons (Fsp3) is 1.00. The molecule has 0 spiro atoms. The minimum absolute atomic E-state index is 0.0327. The molecule has 0 saturated heterocycles. The molecule has 0 rings (SSSR count). The summed E-state index contributed by atoms with van der Waals surface area (Å²) in [7, 11) is -3.46. The van der Waals surface area contributed by atoms with Crippen molar-refractivity contribution < 1.29 is 9.46 Å². The zero-order valence-corrected chi connectivity index (χ0v) is 8.83. The van der Waals surface area contributed by atoms with E-state index in [1.54, 1.807) is 13.8 Å². The molecule has 11 heavy (non-hydrogen) atoms. The Balaban J connectivity index is 4.10. The zero-order valence-electron chi connectivity index (χ0n) is 6.42. The molecule has 0 bridgehead atoms. The lowest BCUT2D eigenvalue weighted by molar-refractivity contribution is 0.453. The summed E-state index contributed by atoms with van der Waals surface area (Å²) in [6.07, 6.45) is 0. The minimum atomic E-state index is -3.46. The van der Waals surface area contributed by atoms with E-state index >= 15 is 0 Å². The summed E-state index contributed by atoms with van der Waals surface area (Å²) >= 11 is 10.8. The maximum Gasteiger partial charge on any atom is 0.286 e. The van der Waals surface area contributed by atoms with Gasteiger partial charge in [0.2, 0.25) is 0 Å². The maximum atomic E-state index is 11.2. The molecule has 68 valence electrons. The van der Waals surface area contributed by atoms with Crippen LogP contribution in [0.15, 0.2) is 0 Å². The van der Waals surface area contributed by atoms with E-state index in [9.17, 15) is 9.46 Å². The van der Waals surface area contributed by atoms with Gasteiger partial charge in [-0.15, -0.1) is 23.2 Å².